The Kier molecular flexibility index (Phi) is 4.08. The maximum atomic E-state index is 9.97. The van der Waals surface area contributed by atoms with Crippen LogP contribution >= 0.6 is 11.8 Å². The summed E-state index contributed by atoms with van der Waals surface area (Å²) in [4.78, 5) is 0. The highest BCUT2D eigenvalue weighted by atomic mass is 32.2. The van der Waals surface area contributed by atoms with Crippen molar-refractivity contribution in [2.24, 2.45) is 0 Å². The van der Waals surface area contributed by atoms with Crippen LogP contribution < -0.4 is 0 Å². The molecule has 1 saturated carbocycles. The number of thioether (sulfide) groups is 1. The van der Waals surface area contributed by atoms with E-state index in [1.807, 2.05) is 31.2 Å². The van der Waals surface area contributed by atoms with Crippen molar-refractivity contribution in [3.8, 4) is 11.5 Å². The minimum atomic E-state index is -0.261. The number of aromatic nitrogens is 2. The molecule has 2 unspecified atom stereocenters. The highest BCUT2D eigenvalue weighted by molar-refractivity contribution is 7.99. The predicted octanol–water partition coefficient (Wildman–Crippen LogP) is 3.44. The van der Waals surface area contributed by atoms with Crippen LogP contribution in [0.2, 0.25) is 0 Å². The van der Waals surface area contributed by atoms with Gasteiger partial charge in [0.2, 0.25) is 5.89 Å². The Balaban J connectivity index is 1.71. The molecule has 1 aliphatic carbocycles. The first-order valence-electron chi connectivity index (χ1n) is 6.97. The lowest BCUT2D eigenvalue weighted by Gasteiger charge is -2.25. The molecule has 0 saturated heterocycles. The van der Waals surface area contributed by atoms with Gasteiger partial charge in [-0.05, 0) is 31.9 Å². The van der Waals surface area contributed by atoms with Crippen molar-refractivity contribution in [2.45, 2.75) is 49.2 Å². The Hall–Kier alpha value is -1.33. The monoisotopic (exact) mass is 290 g/mol. The molecular weight excluding hydrogens is 272 g/mol. The van der Waals surface area contributed by atoms with Crippen LogP contribution in [-0.2, 0) is 0 Å². The standard InChI is InChI=1S/C15H18N2O2S/c1-10-6-8-11(9-7-10)14-16-17-15(19-14)20-13-5-3-2-4-12(13)18/h6-9,12-13,18H,2-5H2,1H3. The molecule has 20 heavy (non-hydrogen) atoms. The minimum Gasteiger partial charge on any atom is -0.411 e. The van der Waals surface area contributed by atoms with Gasteiger partial charge >= 0.3 is 0 Å². The number of aryl methyl sites for hydroxylation is 1. The number of hydrogen-bond donors (Lipinski definition) is 1. The topological polar surface area (TPSA) is 59.2 Å². The first-order valence-corrected chi connectivity index (χ1v) is 7.85. The molecule has 0 radical (unpaired) electrons. The van der Waals surface area contributed by atoms with E-state index in [1.165, 1.54) is 17.3 Å². The fourth-order valence-electron chi connectivity index (χ4n) is 2.41. The van der Waals surface area contributed by atoms with Gasteiger partial charge in [0, 0.05) is 10.8 Å². The molecule has 4 nitrogen and oxygen atoms in total. The van der Waals surface area contributed by atoms with Crippen molar-refractivity contribution >= 4 is 11.8 Å². The maximum absolute atomic E-state index is 9.97. The normalized spacial score (nSPS) is 22.9. The van der Waals surface area contributed by atoms with Crippen LogP contribution in [0.5, 0.6) is 0 Å². The molecule has 2 atom stereocenters. The lowest BCUT2D eigenvalue weighted by molar-refractivity contribution is 0.136. The second-order valence-electron chi connectivity index (χ2n) is 5.25. The van der Waals surface area contributed by atoms with Gasteiger partial charge < -0.3 is 9.52 Å². The van der Waals surface area contributed by atoms with Crippen LogP contribution in [0.25, 0.3) is 11.5 Å². The molecule has 0 bridgehead atoms. The zero-order chi connectivity index (χ0) is 13.9. The van der Waals surface area contributed by atoms with Crippen LogP contribution in [0, 0.1) is 6.92 Å². The number of aliphatic hydroxyl groups excluding tert-OH is 1. The van der Waals surface area contributed by atoms with Gasteiger partial charge in [-0.3, -0.25) is 0 Å². The zero-order valence-corrected chi connectivity index (χ0v) is 12.3. The molecule has 1 aromatic heterocycles. The van der Waals surface area contributed by atoms with Gasteiger partial charge in [0.25, 0.3) is 5.22 Å². The molecule has 1 heterocycles. The maximum Gasteiger partial charge on any atom is 0.277 e. The van der Waals surface area contributed by atoms with E-state index in [1.54, 1.807) is 0 Å². The number of hydrogen-bond acceptors (Lipinski definition) is 5. The predicted molar refractivity (Wildman–Crippen MR) is 78.6 cm³/mol. The lowest BCUT2D eigenvalue weighted by atomic mass is 9.97. The fourth-order valence-corrected chi connectivity index (χ4v) is 3.47. The summed E-state index contributed by atoms with van der Waals surface area (Å²) in [6.07, 6.45) is 3.89. The molecule has 2 aromatic rings. The van der Waals surface area contributed by atoms with Gasteiger partial charge in [-0.2, -0.15) is 0 Å². The van der Waals surface area contributed by atoms with Gasteiger partial charge in [0.15, 0.2) is 0 Å². The number of nitrogens with zero attached hydrogens (tertiary/aromatic N) is 2. The van der Waals surface area contributed by atoms with E-state index < -0.39 is 0 Å². The van der Waals surface area contributed by atoms with Crippen LogP contribution in [0.1, 0.15) is 31.2 Å². The Labute approximate surface area is 122 Å². The third kappa shape index (κ3) is 3.04. The van der Waals surface area contributed by atoms with Crippen molar-refractivity contribution in [2.75, 3.05) is 0 Å². The summed E-state index contributed by atoms with van der Waals surface area (Å²) in [7, 11) is 0. The van der Waals surface area contributed by atoms with Crippen molar-refractivity contribution in [3.05, 3.63) is 29.8 Å². The van der Waals surface area contributed by atoms with E-state index in [2.05, 4.69) is 10.2 Å². The van der Waals surface area contributed by atoms with E-state index in [-0.39, 0.29) is 11.4 Å². The molecule has 1 aliphatic rings. The summed E-state index contributed by atoms with van der Waals surface area (Å²) < 4.78 is 5.69. The molecule has 3 rings (SSSR count). The fraction of sp³-hybridized carbons (Fsp3) is 0.467. The number of aliphatic hydroxyl groups is 1. The highest BCUT2D eigenvalue weighted by Gasteiger charge is 2.26. The van der Waals surface area contributed by atoms with Crippen molar-refractivity contribution in [3.63, 3.8) is 0 Å². The molecule has 0 spiro atoms. The Morgan fingerprint density at radius 2 is 1.90 bits per heavy atom. The Bertz CT molecular complexity index is 568. The molecule has 0 amide bonds. The van der Waals surface area contributed by atoms with E-state index in [4.69, 9.17) is 4.42 Å². The first kappa shape index (κ1) is 13.6. The van der Waals surface area contributed by atoms with E-state index >= 15 is 0 Å². The SMILES string of the molecule is Cc1ccc(-c2nnc(SC3CCCCC3O)o2)cc1. The number of benzene rings is 1. The quantitative estimate of drug-likeness (QED) is 0.938. The average molecular weight is 290 g/mol. The van der Waals surface area contributed by atoms with E-state index in [9.17, 15) is 5.11 Å². The molecule has 1 aromatic carbocycles. The molecule has 0 aliphatic heterocycles. The van der Waals surface area contributed by atoms with Crippen molar-refractivity contribution < 1.29 is 9.52 Å². The van der Waals surface area contributed by atoms with Gasteiger partial charge in [0.05, 0.1) is 6.10 Å². The van der Waals surface area contributed by atoms with Crippen LogP contribution in [-0.4, -0.2) is 26.7 Å². The highest BCUT2D eigenvalue weighted by Crippen LogP contribution is 2.34. The third-order valence-electron chi connectivity index (χ3n) is 3.62. The summed E-state index contributed by atoms with van der Waals surface area (Å²) >= 11 is 1.50. The minimum absolute atomic E-state index is 0.176. The molecular formula is C15H18N2O2S. The summed E-state index contributed by atoms with van der Waals surface area (Å²) in [5.74, 6) is 0.540. The van der Waals surface area contributed by atoms with E-state index in [0.717, 1.165) is 31.2 Å². The summed E-state index contributed by atoms with van der Waals surface area (Å²) in [5, 5.41) is 18.9. The summed E-state index contributed by atoms with van der Waals surface area (Å²) in [6, 6.07) is 8.01. The summed E-state index contributed by atoms with van der Waals surface area (Å²) in [6.45, 7) is 2.04. The molecule has 106 valence electrons. The van der Waals surface area contributed by atoms with Crippen LogP contribution in [0.3, 0.4) is 0 Å². The third-order valence-corrected chi connectivity index (χ3v) is 4.84. The van der Waals surface area contributed by atoms with Crippen molar-refractivity contribution in [1.29, 1.82) is 0 Å². The molecule has 1 N–H and O–H groups in total. The van der Waals surface area contributed by atoms with Crippen molar-refractivity contribution in [1.82, 2.24) is 10.2 Å². The van der Waals surface area contributed by atoms with Gasteiger partial charge in [-0.1, -0.05) is 42.3 Å². The smallest absolute Gasteiger partial charge is 0.277 e. The molecule has 5 heteroatoms. The van der Waals surface area contributed by atoms with Crippen LogP contribution in [0.15, 0.2) is 33.9 Å². The lowest BCUT2D eigenvalue weighted by Crippen LogP contribution is -2.26. The van der Waals surface area contributed by atoms with Gasteiger partial charge in [-0.25, -0.2) is 0 Å². The van der Waals surface area contributed by atoms with Gasteiger partial charge in [-0.15, -0.1) is 10.2 Å². The first-order chi connectivity index (χ1) is 9.72. The molecule has 1 fully saturated rings. The Morgan fingerprint density at radius 1 is 1.15 bits per heavy atom. The zero-order valence-electron chi connectivity index (χ0n) is 11.5. The largest absolute Gasteiger partial charge is 0.411 e. The Morgan fingerprint density at radius 3 is 2.65 bits per heavy atom. The summed E-state index contributed by atoms with van der Waals surface area (Å²) in [5.41, 5.74) is 2.13. The van der Waals surface area contributed by atoms with Gasteiger partial charge in [0.1, 0.15) is 0 Å². The average Bonchev–Trinajstić information content (AvgIpc) is 2.91. The van der Waals surface area contributed by atoms with Crippen LogP contribution in [0.4, 0.5) is 0 Å². The van der Waals surface area contributed by atoms with E-state index in [0.29, 0.717) is 11.1 Å². The second kappa shape index (κ2) is 5.97. The number of rotatable bonds is 3. The second-order valence-corrected chi connectivity index (χ2v) is 6.44.